The van der Waals surface area contributed by atoms with Crippen LogP contribution in [0.2, 0.25) is 0 Å². The van der Waals surface area contributed by atoms with E-state index in [-0.39, 0.29) is 26.0 Å². The fraction of sp³-hybridized carbons (Fsp3) is 0.818. The highest BCUT2D eigenvalue weighted by atomic mass is 19.4. The van der Waals surface area contributed by atoms with Crippen LogP contribution in [-0.2, 0) is 14.3 Å². The number of carboxylic acid groups (broad SMARTS) is 1. The van der Waals surface area contributed by atoms with Crippen LogP contribution in [0.4, 0.5) is 13.2 Å². The lowest BCUT2D eigenvalue weighted by Crippen LogP contribution is -2.58. The molecule has 0 radical (unpaired) electrons. The standard InChI is InChI=1S/C11H14F3NO4/c12-11(13,14)7(16)15-5-9-1-3-10(4-2-9,8(17)18)19-6-9/h1-6H2,(H,15,16)(H,17,18). The van der Waals surface area contributed by atoms with Gasteiger partial charge in [-0.3, -0.25) is 4.79 Å². The number of carbonyl (C=O) groups is 2. The monoisotopic (exact) mass is 281 g/mol. The number of rotatable bonds is 3. The van der Waals surface area contributed by atoms with Gasteiger partial charge in [-0.15, -0.1) is 0 Å². The summed E-state index contributed by atoms with van der Waals surface area (Å²) in [6, 6.07) is 0. The number of carbonyl (C=O) groups excluding carboxylic acids is 1. The van der Waals surface area contributed by atoms with Crippen molar-refractivity contribution in [3.8, 4) is 0 Å². The van der Waals surface area contributed by atoms with Gasteiger partial charge in [0.2, 0.25) is 0 Å². The van der Waals surface area contributed by atoms with Crippen LogP contribution in [-0.4, -0.2) is 41.9 Å². The Morgan fingerprint density at radius 3 is 2.16 bits per heavy atom. The second-order valence-electron chi connectivity index (χ2n) is 5.27. The van der Waals surface area contributed by atoms with E-state index in [0.717, 1.165) is 0 Å². The molecule has 0 aromatic heterocycles. The zero-order valence-electron chi connectivity index (χ0n) is 10.0. The quantitative estimate of drug-likeness (QED) is 0.811. The molecule has 1 aliphatic carbocycles. The Morgan fingerprint density at radius 2 is 1.79 bits per heavy atom. The van der Waals surface area contributed by atoms with Gasteiger partial charge < -0.3 is 15.2 Å². The van der Waals surface area contributed by atoms with Crippen molar-refractivity contribution < 1.29 is 32.6 Å². The summed E-state index contributed by atoms with van der Waals surface area (Å²) in [5.41, 5.74) is -1.76. The predicted octanol–water partition coefficient (Wildman–Crippen LogP) is 1.08. The maximum atomic E-state index is 12.1. The van der Waals surface area contributed by atoms with Crippen LogP contribution in [0, 0.1) is 5.41 Å². The predicted molar refractivity (Wildman–Crippen MR) is 56.3 cm³/mol. The Labute approximate surface area is 107 Å². The molecule has 2 N–H and O–H groups in total. The van der Waals surface area contributed by atoms with E-state index in [2.05, 4.69) is 0 Å². The summed E-state index contributed by atoms with van der Waals surface area (Å²) in [4.78, 5) is 21.9. The Morgan fingerprint density at radius 1 is 1.21 bits per heavy atom. The Bertz CT molecular complexity index is 383. The fourth-order valence-electron chi connectivity index (χ4n) is 2.64. The highest BCUT2D eigenvalue weighted by Gasteiger charge is 2.54. The first-order chi connectivity index (χ1) is 8.69. The largest absolute Gasteiger partial charge is 0.479 e. The molecule has 0 spiro atoms. The Balaban J connectivity index is 1.94. The van der Waals surface area contributed by atoms with E-state index in [4.69, 9.17) is 9.84 Å². The molecule has 2 aliphatic heterocycles. The van der Waals surface area contributed by atoms with Gasteiger partial charge in [0.15, 0.2) is 5.60 Å². The third-order valence-corrected chi connectivity index (χ3v) is 4.04. The first-order valence-electron chi connectivity index (χ1n) is 5.92. The first-order valence-corrected chi connectivity index (χ1v) is 5.92. The molecule has 3 aliphatic rings. The van der Waals surface area contributed by atoms with E-state index in [1.165, 1.54) is 0 Å². The molecule has 0 atom stereocenters. The number of ether oxygens (including phenoxy) is 1. The van der Waals surface area contributed by atoms with Crippen molar-refractivity contribution in [2.24, 2.45) is 5.41 Å². The van der Waals surface area contributed by atoms with E-state index in [9.17, 15) is 22.8 Å². The Hall–Kier alpha value is -1.31. The molecule has 3 fully saturated rings. The second-order valence-corrected chi connectivity index (χ2v) is 5.27. The van der Waals surface area contributed by atoms with E-state index in [0.29, 0.717) is 12.8 Å². The molecule has 0 aromatic rings. The first kappa shape index (κ1) is 14.1. The minimum Gasteiger partial charge on any atom is -0.479 e. The van der Waals surface area contributed by atoms with E-state index < -0.39 is 29.1 Å². The normalized spacial score (nSPS) is 34.1. The zero-order valence-corrected chi connectivity index (χ0v) is 10.0. The summed E-state index contributed by atoms with van der Waals surface area (Å²) >= 11 is 0. The lowest BCUT2D eigenvalue weighted by Gasteiger charge is -2.50. The third-order valence-electron chi connectivity index (χ3n) is 4.04. The van der Waals surface area contributed by atoms with Gasteiger partial charge >= 0.3 is 18.1 Å². The van der Waals surface area contributed by atoms with Gasteiger partial charge in [0.25, 0.3) is 0 Å². The molecule has 2 saturated heterocycles. The van der Waals surface area contributed by atoms with Gasteiger partial charge in [0, 0.05) is 12.0 Å². The van der Waals surface area contributed by atoms with Crippen LogP contribution < -0.4 is 5.32 Å². The fourth-order valence-corrected chi connectivity index (χ4v) is 2.64. The lowest BCUT2D eigenvalue weighted by molar-refractivity contribution is -0.207. The summed E-state index contributed by atoms with van der Waals surface area (Å²) in [5, 5.41) is 10.9. The van der Waals surface area contributed by atoms with Crippen molar-refractivity contribution in [1.82, 2.24) is 5.32 Å². The van der Waals surface area contributed by atoms with Crippen molar-refractivity contribution in [3.05, 3.63) is 0 Å². The molecule has 5 nitrogen and oxygen atoms in total. The molecular weight excluding hydrogens is 267 g/mol. The van der Waals surface area contributed by atoms with Gasteiger partial charge in [0.1, 0.15) is 0 Å². The highest BCUT2D eigenvalue weighted by Crippen LogP contribution is 2.48. The van der Waals surface area contributed by atoms with Crippen molar-refractivity contribution in [2.45, 2.75) is 37.5 Å². The summed E-state index contributed by atoms with van der Waals surface area (Å²) in [6.45, 7) is -0.0710. The molecule has 2 heterocycles. The number of carboxylic acids is 1. The second kappa shape index (κ2) is 4.36. The molecule has 1 saturated carbocycles. The molecule has 3 rings (SSSR count). The summed E-state index contributed by atoms with van der Waals surface area (Å²) in [7, 11) is 0. The summed E-state index contributed by atoms with van der Waals surface area (Å²) in [5.74, 6) is -3.00. The van der Waals surface area contributed by atoms with Crippen LogP contribution in [0.1, 0.15) is 25.7 Å². The molecule has 0 unspecified atom stereocenters. The maximum absolute atomic E-state index is 12.1. The highest BCUT2D eigenvalue weighted by molar-refractivity contribution is 5.81. The van der Waals surface area contributed by atoms with Crippen LogP contribution >= 0.6 is 0 Å². The number of nitrogens with one attached hydrogen (secondary N) is 1. The van der Waals surface area contributed by atoms with E-state index >= 15 is 0 Å². The molecule has 2 bridgehead atoms. The number of halogens is 3. The number of aliphatic carboxylic acids is 1. The van der Waals surface area contributed by atoms with Gasteiger partial charge in [-0.2, -0.15) is 13.2 Å². The SMILES string of the molecule is O=C(NCC12CCC(C(=O)O)(CC1)OC2)C(F)(F)F. The van der Waals surface area contributed by atoms with Crippen molar-refractivity contribution in [1.29, 1.82) is 0 Å². The van der Waals surface area contributed by atoms with Crippen molar-refractivity contribution >= 4 is 11.9 Å². The number of hydrogen-bond acceptors (Lipinski definition) is 3. The molecule has 0 aromatic carbocycles. The molecule has 1 amide bonds. The number of alkyl halides is 3. The van der Waals surface area contributed by atoms with Gasteiger partial charge in [-0.25, -0.2) is 4.79 Å². The molecule has 19 heavy (non-hydrogen) atoms. The number of amides is 1. The maximum Gasteiger partial charge on any atom is 0.471 e. The topological polar surface area (TPSA) is 75.6 Å². The van der Waals surface area contributed by atoms with Crippen LogP contribution in [0.15, 0.2) is 0 Å². The van der Waals surface area contributed by atoms with Crippen molar-refractivity contribution in [2.75, 3.05) is 13.2 Å². The molecular formula is C11H14F3NO4. The lowest BCUT2D eigenvalue weighted by atomic mass is 9.66. The van der Waals surface area contributed by atoms with Crippen LogP contribution in [0.5, 0.6) is 0 Å². The average Bonchev–Trinajstić information content (AvgIpc) is 2.37. The van der Waals surface area contributed by atoms with E-state index in [1.807, 2.05) is 5.32 Å². The van der Waals surface area contributed by atoms with Gasteiger partial charge in [0.05, 0.1) is 6.61 Å². The molecule has 108 valence electrons. The Kier molecular flexibility index (Phi) is 3.24. The van der Waals surface area contributed by atoms with Gasteiger partial charge in [-0.05, 0) is 25.7 Å². The number of hydrogen-bond donors (Lipinski definition) is 2. The zero-order chi connectivity index (χ0) is 14.3. The van der Waals surface area contributed by atoms with Crippen molar-refractivity contribution in [3.63, 3.8) is 0 Å². The molecule has 8 heteroatoms. The van der Waals surface area contributed by atoms with Gasteiger partial charge in [-0.1, -0.05) is 0 Å². The summed E-state index contributed by atoms with van der Waals surface area (Å²) in [6.07, 6.45) is -3.48. The minimum atomic E-state index is -4.90. The van der Waals surface area contributed by atoms with E-state index in [1.54, 1.807) is 0 Å². The van der Waals surface area contributed by atoms with Crippen LogP contribution in [0.3, 0.4) is 0 Å². The smallest absolute Gasteiger partial charge is 0.471 e. The third kappa shape index (κ3) is 2.54. The minimum absolute atomic E-state index is 0.0669. The summed E-state index contributed by atoms with van der Waals surface area (Å²) < 4.78 is 41.6. The average molecular weight is 281 g/mol. The van der Waals surface area contributed by atoms with Crippen LogP contribution in [0.25, 0.3) is 0 Å². The number of fused-ring (bicyclic) bond motifs is 3.